The van der Waals surface area contributed by atoms with Crippen LogP contribution < -0.4 is 26.0 Å². The molecule has 228 valence electrons. The lowest BCUT2D eigenvalue weighted by atomic mass is 10.1. The Morgan fingerprint density at radius 3 is 2.59 bits per heavy atom. The van der Waals surface area contributed by atoms with E-state index in [-0.39, 0.29) is 45.1 Å². The summed E-state index contributed by atoms with van der Waals surface area (Å²) in [5, 5.41) is 18.3. The Bertz CT molecular complexity index is 1700. The number of rotatable bonds is 11. The first-order chi connectivity index (χ1) is 21.0. The van der Waals surface area contributed by atoms with Crippen molar-refractivity contribution in [2.24, 2.45) is 0 Å². The van der Waals surface area contributed by atoms with Crippen LogP contribution in [0.5, 0.6) is 11.6 Å². The highest BCUT2D eigenvalue weighted by Crippen LogP contribution is 2.39. The molecule has 5 N–H and O–H groups in total. The lowest BCUT2D eigenvalue weighted by Gasteiger charge is -2.13. The fourth-order valence-corrected chi connectivity index (χ4v) is 4.19. The highest BCUT2D eigenvalue weighted by Gasteiger charge is 2.16. The van der Waals surface area contributed by atoms with Gasteiger partial charge >= 0.3 is 6.03 Å². The zero-order chi connectivity index (χ0) is 31.8. The van der Waals surface area contributed by atoms with Crippen LogP contribution in [0.1, 0.15) is 41.4 Å². The van der Waals surface area contributed by atoms with Crippen LogP contribution in [0.25, 0.3) is 0 Å². The van der Waals surface area contributed by atoms with Gasteiger partial charge in [-0.15, -0.1) is 6.42 Å². The van der Waals surface area contributed by atoms with Gasteiger partial charge in [0, 0.05) is 53.9 Å². The molecule has 3 amide bonds. The van der Waals surface area contributed by atoms with E-state index in [9.17, 15) is 9.59 Å². The van der Waals surface area contributed by atoms with Crippen molar-refractivity contribution in [1.29, 1.82) is 0 Å². The molecule has 0 aliphatic rings. The fraction of sp³-hybridized carbons (Fsp3) is 0.233. The van der Waals surface area contributed by atoms with Gasteiger partial charge in [-0.1, -0.05) is 43.0 Å². The summed E-state index contributed by atoms with van der Waals surface area (Å²) in [6, 6.07) is 10.8. The summed E-state index contributed by atoms with van der Waals surface area (Å²) in [5.41, 5.74) is 2.56. The molecule has 0 aliphatic heterocycles. The molecular weight excluding hydrogens is 605 g/mol. The van der Waals surface area contributed by atoms with Crippen LogP contribution in [0.2, 0.25) is 10.0 Å². The van der Waals surface area contributed by atoms with Crippen LogP contribution >= 0.6 is 23.2 Å². The number of hydrogen-bond donors (Lipinski definition) is 5. The third-order valence-corrected chi connectivity index (χ3v) is 6.93. The number of nitrogens with zero attached hydrogens (tertiary/aromatic N) is 4. The number of urea groups is 1. The maximum atomic E-state index is 12.7. The van der Waals surface area contributed by atoms with Crippen molar-refractivity contribution in [3.05, 3.63) is 75.5 Å². The second kappa shape index (κ2) is 14.6. The number of H-pyrrole nitrogens is 1. The topological polar surface area (TPSA) is 149 Å². The molecule has 4 aromatic rings. The third-order valence-electron chi connectivity index (χ3n) is 6.06. The number of amides is 3. The number of aromatic amines is 1. The second-order valence-electron chi connectivity index (χ2n) is 10.1. The SMILES string of the molecule is C#Cc1cc(Nc2nccc(Oc3ccc(NC(=O)Nc4cc(C(C)C)[nH]n4)c(Cl)c3Cl)n2)cc(C(=O)NCCN(C)C)c1. The monoisotopic (exact) mass is 635 g/mol. The van der Waals surface area contributed by atoms with Gasteiger partial charge in [0.15, 0.2) is 5.82 Å². The van der Waals surface area contributed by atoms with Gasteiger partial charge in [-0.3, -0.25) is 15.2 Å². The van der Waals surface area contributed by atoms with E-state index in [0.29, 0.717) is 35.7 Å². The number of anilines is 4. The molecular formula is C30H31Cl2N9O3. The van der Waals surface area contributed by atoms with Gasteiger partial charge in [0.2, 0.25) is 11.8 Å². The number of carbonyl (C=O) groups excluding carboxylic acids is 2. The highest BCUT2D eigenvalue weighted by molar-refractivity contribution is 6.45. The Balaban J connectivity index is 1.43. The molecule has 2 aromatic heterocycles. The Morgan fingerprint density at radius 1 is 1.09 bits per heavy atom. The number of hydrogen-bond acceptors (Lipinski definition) is 8. The lowest BCUT2D eigenvalue weighted by molar-refractivity contribution is 0.0951. The molecule has 12 nitrogen and oxygen atoms in total. The van der Waals surface area contributed by atoms with E-state index >= 15 is 0 Å². The van der Waals surface area contributed by atoms with E-state index < -0.39 is 6.03 Å². The summed E-state index contributed by atoms with van der Waals surface area (Å²) in [6.07, 6.45) is 7.10. The van der Waals surface area contributed by atoms with Gasteiger partial charge in [0.05, 0.1) is 10.7 Å². The molecule has 0 aliphatic carbocycles. The molecule has 0 fully saturated rings. The number of terminal acetylenes is 1. The molecule has 0 bridgehead atoms. The van der Waals surface area contributed by atoms with Crippen LogP contribution in [-0.2, 0) is 0 Å². The normalized spacial score (nSPS) is 10.8. The van der Waals surface area contributed by atoms with E-state index in [0.717, 1.165) is 5.69 Å². The van der Waals surface area contributed by atoms with Gasteiger partial charge < -0.3 is 25.6 Å². The highest BCUT2D eigenvalue weighted by atomic mass is 35.5. The van der Waals surface area contributed by atoms with E-state index in [2.05, 4.69) is 47.4 Å². The number of carbonyl (C=O) groups is 2. The Kier molecular flexibility index (Phi) is 10.6. The molecule has 0 atom stereocenters. The van der Waals surface area contributed by atoms with Crippen molar-refractivity contribution in [3.8, 4) is 24.0 Å². The molecule has 0 saturated carbocycles. The number of ether oxygens (including phenoxy) is 1. The minimum atomic E-state index is -0.548. The first-order valence-corrected chi connectivity index (χ1v) is 14.2. The Labute approximate surface area is 264 Å². The van der Waals surface area contributed by atoms with Crippen LogP contribution in [-0.4, -0.2) is 64.2 Å². The number of aromatic nitrogens is 4. The molecule has 2 heterocycles. The van der Waals surface area contributed by atoms with Crippen LogP contribution in [0.15, 0.2) is 48.7 Å². The average Bonchev–Trinajstić information content (AvgIpc) is 3.45. The van der Waals surface area contributed by atoms with Crippen LogP contribution in [0.4, 0.5) is 27.9 Å². The molecule has 14 heteroatoms. The summed E-state index contributed by atoms with van der Waals surface area (Å²) in [7, 11) is 3.85. The molecule has 0 saturated heterocycles. The van der Waals surface area contributed by atoms with Crippen molar-refractivity contribution >= 4 is 58.3 Å². The molecule has 44 heavy (non-hydrogen) atoms. The fourth-order valence-electron chi connectivity index (χ4n) is 3.78. The summed E-state index contributed by atoms with van der Waals surface area (Å²) in [6.45, 7) is 5.19. The predicted octanol–water partition coefficient (Wildman–Crippen LogP) is 6.08. The van der Waals surface area contributed by atoms with E-state index in [1.807, 2.05) is 32.8 Å². The van der Waals surface area contributed by atoms with Gasteiger partial charge in [-0.25, -0.2) is 9.78 Å². The number of likely N-dealkylation sites (N-methyl/N-ethyl adjacent to an activating group) is 1. The van der Waals surface area contributed by atoms with Crippen molar-refractivity contribution in [2.45, 2.75) is 19.8 Å². The minimum absolute atomic E-state index is 0.0612. The third kappa shape index (κ3) is 8.61. The summed E-state index contributed by atoms with van der Waals surface area (Å²) < 4.78 is 5.87. The quantitative estimate of drug-likeness (QED) is 0.124. The molecule has 0 spiro atoms. The van der Waals surface area contributed by atoms with Gasteiger partial charge in [0.1, 0.15) is 10.8 Å². The van der Waals surface area contributed by atoms with Crippen LogP contribution in [0, 0.1) is 12.3 Å². The van der Waals surface area contributed by atoms with E-state index in [4.69, 9.17) is 34.4 Å². The zero-order valence-electron chi connectivity index (χ0n) is 24.5. The lowest BCUT2D eigenvalue weighted by Crippen LogP contribution is -2.31. The minimum Gasteiger partial charge on any atom is -0.437 e. The van der Waals surface area contributed by atoms with Crippen molar-refractivity contribution in [1.82, 2.24) is 30.4 Å². The number of benzene rings is 2. The summed E-state index contributed by atoms with van der Waals surface area (Å²) in [4.78, 5) is 35.7. The molecule has 2 aromatic carbocycles. The second-order valence-corrected chi connectivity index (χ2v) is 10.9. The average molecular weight is 637 g/mol. The van der Waals surface area contributed by atoms with Gasteiger partial charge in [-0.05, 0) is 50.3 Å². The van der Waals surface area contributed by atoms with Crippen LogP contribution in [0.3, 0.4) is 0 Å². The maximum absolute atomic E-state index is 12.7. The van der Waals surface area contributed by atoms with Crippen molar-refractivity contribution in [2.75, 3.05) is 43.1 Å². The molecule has 0 radical (unpaired) electrons. The first kappa shape index (κ1) is 32.1. The Morgan fingerprint density at radius 2 is 1.89 bits per heavy atom. The Hall–Kier alpha value is -4.83. The molecule has 4 rings (SSSR count). The summed E-state index contributed by atoms with van der Waals surface area (Å²) in [5.74, 6) is 3.44. The zero-order valence-corrected chi connectivity index (χ0v) is 26.0. The summed E-state index contributed by atoms with van der Waals surface area (Å²) >= 11 is 12.9. The van der Waals surface area contributed by atoms with Crippen molar-refractivity contribution < 1.29 is 14.3 Å². The van der Waals surface area contributed by atoms with Crippen molar-refractivity contribution in [3.63, 3.8) is 0 Å². The standard InChI is InChI=1S/C30H31Cl2N9O3/c1-6-18-13-19(28(42)33-11-12-41(4)5)15-20(14-18)35-29-34-10-9-25(38-29)44-23-8-7-21(26(31)27(23)32)36-30(43)37-24-16-22(17(2)3)39-40-24/h1,7-10,13-17H,11-12H2,2-5H3,(H,33,42)(H,34,35,38)(H3,36,37,39,40,43). The predicted molar refractivity (Wildman–Crippen MR) is 172 cm³/mol. The van der Waals surface area contributed by atoms with Gasteiger partial charge in [0.25, 0.3) is 5.91 Å². The van der Waals surface area contributed by atoms with E-state index in [1.54, 1.807) is 36.4 Å². The smallest absolute Gasteiger partial charge is 0.324 e. The number of halogens is 2. The molecule has 0 unspecified atom stereocenters. The largest absolute Gasteiger partial charge is 0.437 e. The van der Waals surface area contributed by atoms with Gasteiger partial charge in [-0.2, -0.15) is 10.1 Å². The number of nitrogens with one attached hydrogen (secondary N) is 5. The maximum Gasteiger partial charge on any atom is 0.324 e. The first-order valence-electron chi connectivity index (χ1n) is 13.5. The van der Waals surface area contributed by atoms with E-state index in [1.165, 1.54) is 12.3 Å².